The molecule has 3 rings (SSSR count). The number of hydrogen-bond donors (Lipinski definition) is 2. The van der Waals surface area contributed by atoms with E-state index in [0.29, 0.717) is 18.7 Å². The Balaban J connectivity index is 2.09. The van der Waals surface area contributed by atoms with Gasteiger partial charge >= 0.3 is 0 Å². The van der Waals surface area contributed by atoms with Crippen LogP contribution in [0.5, 0.6) is 5.75 Å². The molecule has 0 fully saturated rings. The Morgan fingerprint density at radius 3 is 3.25 bits per heavy atom. The minimum absolute atomic E-state index is 0.0590. The molecule has 1 unspecified atom stereocenters. The molecular weight excluding hydrogens is 206 g/mol. The molecule has 5 nitrogen and oxygen atoms in total. The summed E-state index contributed by atoms with van der Waals surface area (Å²) in [6.07, 6.45) is 0.433. The van der Waals surface area contributed by atoms with E-state index in [1.165, 1.54) is 0 Å². The molecule has 0 aromatic heterocycles. The van der Waals surface area contributed by atoms with Gasteiger partial charge in [-0.2, -0.15) is 5.10 Å². The number of hydrogen-bond acceptors (Lipinski definition) is 4. The van der Waals surface area contributed by atoms with Gasteiger partial charge in [0.05, 0.1) is 12.3 Å². The van der Waals surface area contributed by atoms with Gasteiger partial charge in [-0.05, 0) is 12.1 Å². The lowest BCUT2D eigenvalue weighted by molar-refractivity contribution is -0.122. The average Bonchev–Trinajstić information content (AvgIpc) is 2.28. The maximum absolute atomic E-state index is 11.2. The summed E-state index contributed by atoms with van der Waals surface area (Å²) < 4.78 is 5.58. The molecule has 82 valence electrons. The number of benzene rings is 1. The van der Waals surface area contributed by atoms with Gasteiger partial charge in [0.2, 0.25) is 5.91 Å². The summed E-state index contributed by atoms with van der Waals surface area (Å²) in [5, 5.41) is 4.10. The van der Waals surface area contributed by atoms with Crippen molar-refractivity contribution in [2.45, 2.75) is 6.42 Å². The number of nitrogens with zero attached hydrogens (tertiary/aromatic N) is 1. The van der Waals surface area contributed by atoms with Crippen molar-refractivity contribution >= 4 is 17.3 Å². The number of amides is 1. The topological polar surface area (TPSA) is 76.7 Å². The van der Waals surface area contributed by atoms with E-state index < -0.39 is 0 Å². The molecule has 0 bridgehead atoms. The third-order valence-corrected chi connectivity index (χ3v) is 2.84. The monoisotopic (exact) mass is 217 g/mol. The third kappa shape index (κ3) is 1.32. The molecule has 2 aliphatic rings. The van der Waals surface area contributed by atoms with Crippen molar-refractivity contribution in [3.8, 4) is 5.75 Å². The Morgan fingerprint density at radius 1 is 1.50 bits per heavy atom. The fourth-order valence-electron chi connectivity index (χ4n) is 2.06. The van der Waals surface area contributed by atoms with Gasteiger partial charge in [0.25, 0.3) is 0 Å². The van der Waals surface area contributed by atoms with Crippen molar-refractivity contribution < 1.29 is 9.53 Å². The Morgan fingerprint density at radius 2 is 2.38 bits per heavy atom. The van der Waals surface area contributed by atoms with Crippen LogP contribution in [0.1, 0.15) is 12.0 Å². The van der Waals surface area contributed by atoms with Crippen molar-refractivity contribution in [3.05, 3.63) is 23.8 Å². The number of carbonyl (C=O) groups excluding carboxylic acids is 1. The highest BCUT2D eigenvalue weighted by Gasteiger charge is 2.31. The summed E-state index contributed by atoms with van der Waals surface area (Å²) in [4.78, 5) is 11.2. The van der Waals surface area contributed by atoms with Crippen molar-refractivity contribution in [3.63, 3.8) is 0 Å². The molecule has 2 aliphatic heterocycles. The SMILES string of the molecule is Nc1ccc2c(c1)OCC1CC(=O)NN=C21. The molecule has 3 N–H and O–H groups in total. The molecule has 5 heteroatoms. The summed E-state index contributed by atoms with van der Waals surface area (Å²) in [7, 11) is 0. The van der Waals surface area contributed by atoms with Gasteiger partial charge in [-0.1, -0.05) is 0 Å². The molecule has 2 heterocycles. The second-order valence-corrected chi connectivity index (χ2v) is 4.00. The number of hydrazone groups is 1. The molecule has 1 aromatic rings. The molecule has 0 radical (unpaired) electrons. The first-order valence-corrected chi connectivity index (χ1v) is 5.13. The highest BCUT2D eigenvalue weighted by atomic mass is 16.5. The van der Waals surface area contributed by atoms with E-state index >= 15 is 0 Å². The van der Waals surface area contributed by atoms with Gasteiger partial charge in [-0.15, -0.1) is 0 Å². The highest BCUT2D eigenvalue weighted by Crippen LogP contribution is 2.31. The zero-order valence-electron chi connectivity index (χ0n) is 8.56. The second kappa shape index (κ2) is 3.23. The van der Waals surface area contributed by atoms with Crippen LogP contribution >= 0.6 is 0 Å². The number of ether oxygens (including phenoxy) is 1. The van der Waals surface area contributed by atoms with Crippen LogP contribution in [0.25, 0.3) is 0 Å². The second-order valence-electron chi connectivity index (χ2n) is 4.00. The zero-order chi connectivity index (χ0) is 11.1. The van der Waals surface area contributed by atoms with Crippen LogP contribution in [0.15, 0.2) is 23.3 Å². The number of rotatable bonds is 0. The predicted octanol–water partition coefficient (Wildman–Crippen LogP) is 0.501. The maximum atomic E-state index is 11.2. The van der Waals surface area contributed by atoms with Crippen LogP contribution in [0, 0.1) is 5.92 Å². The van der Waals surface area contributed by atoms with Crippen molar-refractivity contribution in [2.24, 2.45) is 11.0 Å². The lowest BCUT2D eigenvalue weighted by atomic mass is 9.90. The minimum Gasteiger partial charge on any atom is -0.492 e. The normalized spacial score (nSPS) is 22.4. The van der Waals surface area contributed by atoms with Crippen LogP contribution in [0.2, 0.25) is 0 Å². The smallest absolute Gasteiger partial charge is 0.240 e. The third-order valence-electron chi connectivity index (χ3n) is 2.84. The van der Waals surface area contributed by atoms with Crippen LogP contribution < -0.4 is 15.9 Å². The molecule has 1 amide bonds. The maximum Gasteiger partial charge on any atom is 0.240 e. The number of anilines is 1. The molecule has 1 atom stereocenters. The number of nitrogens with two attached hydrogens (primary N) is 1. The van der Waals surface area contributed by atoms with Crippen LogP contribution in [0.4, 0.5) is 5.69 Å². The predicted molar refractivity (Wildman–Crippen MR) is 59.1 cm³/mol. The molecule has 1 aromatic carbocycles. The van der Waals surface area contributed by atoms with Crippen molar-refractivity contribution in [1.82, 2.24) is 5.43 Å². The number of fused-ring (bicyclic) bond motifs is 3. The summed E-state index contributed by atoms with van der Waals surface area (Å²) in [6.45, 7) is 0.489. The molecule has 0 saturated heterocycles. The van der Waals surface area contributed by atoms with Gasteiger partial charge in [-0.3, -0.25) is 4.79 Å². The van der Waals surface area contributed by atoms with Crippen LogP contribution in [0.3, 0.4) is 0 Å². The summed E-state index contributed by atoms with van der Waals surface area (Å²) in [5.41, 5.74) is 10.7. The van der Waals surface area contributed by atoms with Gasteiger partial charge in [0, 0.05) is 29.7 Å². The van der Waals surface area contributed by atoms with E-state index in [0.717, 1.165) is 17.0 Å². The molecular formula is C11H11N3O2. The molecule has 0 saturated carbocycles. The first-order chi connectivity index (χ1) is 7.74. The van der Waals surface area contributed by atoms with E-state index in [4.69, 9.17) is 10.5 Å². The Labute approximate surface area is 92.3 Å². The Kier molecular flexibility index (Phi) is 1.86. The standard InChI is InChI=1S/C11H11N3O2/c12-7-1-2-8-9(4-7)16-5-6-3-10(15)13-14-11(6)8/h1-2,4,6H,3,5,12H2,(H,13,15). The van der Waals surface area contributed by atoms with Crippen LogP contribution in [-0.2, 0) is 4.79 Å². The summed E-state index contributed by atoms with van der Waals surface area (Å²) in [5.74, 6) is 0.743. The zero-order valence-corrected chi connectivity index (χ0v) is 8.56. The fraction of sp³-hybridized carbons (Fsp3) is 0.273. The Bertz CT molecular complexity index is 496. The number of carbonyl (C=O) groups is 1. The lowest BCUT2D eigenvalue weighted by Crippen LogP contribution is -2.39. The average molecular weight is 217 g/mol. The minimum atomic E-state index is -0.0590. The quantitative estimate of drug-likeness (QED) is 0.621. The lowest BCUT2D eigenvalue weighted by Gasteiger charge is -2.29. The van der Waals surface area contributed by atoms with Gasteiger partial charge in [0.15, 0.2) is 0 Å². The molecule has 0 spiro atoms. The van der Waals surface area contributed by atoms with E-state index in [2.05, 4.69) is 10.5 Å². The number of nitrogens with one attached hydrogen (secondary N) is 1. The van der Waals surface area contributed by atoms with E-state index in [1.54, 1.807) is 6.07 Å². The van der Waals surface area contributed by atoms with Crippen molar-refractivity contribution in [1.29, 1.82) is 0 Å². The first kappa shape index (κ1) is 9.21. The highest BCUT2D eigenvalue weighted by molar-refractivity contribution is 6.08. The summed E-state index contributed by atoms with van der Waals surface area (Å²) in [6, 6.07) is 5.47. The largest absolute Gasteiger partial charge is 0.492 e. The van der Waals surface area contributed by atoms with E-state index in [-0.39, 0.29) is 11.8 Å². The molecule has 16 heavy (non-hydrogen) atoms. The van der Waals surface area contributed by atoms with Crippen LogP contribution in [-0.4, -0.2) is 18.2 Å². The summed E-state index contributed by atoms with van der Waals surface area (Å²) >= 11 is 0. The van der Waals surface area contributed by atoms with Gasteiger partial charge in [0.1, 0.15) is 5.75 Å². The van der Waals surface area contributed by atoms with E-state index in [9.17, 15) is 4.79 Å². The fourth-order valence-corrected chi connectivity index (χ4v) is 2.06. The van der Waals surface area contributed by atoms with Gasteiger partial charge in [-0.25, -0.2) is 5.43 Å². The molecule has 0 aliphatic carbocycles. The van der Waals surface area contributed by atoms with Crippen molar-refractivity contribution in [2.75, 3.05) is 12.3 Å². The Hall–Kier alpha value is -2.04. The number of nitrogen functional groups attached to an aromatic ring is 1. The first-order valence-electron chi connectivity index (χ1n) is 5.13. The van der Waals surface area contributed by atoms with Gasteiger partial charge < -0.3 is 10.5 Å². The van der Waals surface area contributed by atoms with E-state index in [1.807, 2.05) is 12.1 Å².